The van der Waals surface area contributed by atoms with E-state index in [2.05, 4.69) is 4.72 Å². The summed E-state index contributed by atoms with van der Waals surface area (Å²) < 4.78 is 38.4. The number of aromatic nitrogens is 1. The highest BCUT2D eigenvalue weighted by Gasteiger charge is 2.29. The van der Waals surface area contributed by atoms with Gasteiger partial charge in [-0.05, 0) is 74.8 Å². The Bertz CT molecular complexity index is 1530. The first-order valence-corrected chi connectivity index (χ1v) is 14.6. The number of nitrogens with one attached hydrogen (secondary N) is 2. The van der Waals surface area contributed by atoms with Crippen LogP contribution in [0.3, 0.4) is 0 Å². The Morgan fingerprint density at radius 1 is 1.18 bits per heavy atom. The summed E-state index contributed by atoms with van der Waals surface area (Å²) in [6.45, 7) is 7.24. The number of likely N-dealkylation sites (tertiary alicyclic amines) is 1. The summed E-state index contributed by atoms with van der Waals surface area (Å²) in [4.78, 5) is 13.8. The predicted octanol–water partition coefficient (Wildman–Crippen LogP) is 3.40. The number of amides is 1. The summed E-state index contributed by atoms with van der Waals surface area (Å²) in [6, 6.07) is 9.45. The zero-order chi connectivity index (χ0) is 28.5. The van der Waals surface area contributed by atoms with Gasteiger partial charge in [-0.3, -0.25) is 14.9 Å². The molecule has 1 atom stereocenters. The fourth-order valence-electron chi connectivity index (χ4n) is 5.70. The third-order valence-corrected chi connectivity index (χ3v) is 9.32. The van der Waals surface area contributed by atoms with E-state index in [1.165, 1.54) is 0 Å². The van der Waals surface area contributed by atoms with Gasteiger partial charge >= 0.3 is 0 Å². The highest BCUT2D eigenvalue weighted by Crippen LogP contribution is 2.37. The maximum absolute atomic E-state index is 14.0. The molecular formula is C28H38N6O4S. The smallest absolute Gasteiger partial charge is 0.263 e. The van der Waals surface area contributed by atoms with Gasteiger partial charge in [0.15, 0.2) is 5.96 Å². The SMILES string of the molecule is COc1cc(C)c(S(=O)(=O)Nc2c(CCC(N)=O)c3ccccc3n2C[C@@H]2CCCN(C(=N)N)C2)c(C)c1C. The van der Waals surface area contributed by atoms with Gasteiger partial charge in [-0.2, -0.15) is 0 Å². The first-order chi connectivity index (χ1) is 18.4. The Labute approximate surface area is 229 Å². The molecule has 0 saturated carbocycles. The molecule has 0 spiro atoms. The van der Waals surface area contributed by atoms with Crippen molar-refractivity contribution in [1.82, 2.24) is 9.47 Å². The number of primary amides is 1. The molecule has 2 heterocycles. The first-order valence-electron chi connectivity index (χ1n) is 13.1. The van der Waals surface area contributed by atoms with Crippen molar-refractivity contribution in [3.05, 3.63) is 52.6 Å². The number of carbonyl (C=O) groups is 1. The number of rotatable bonds is 9. The predicted molar refractivity (Wildman–Crippen MR) is 154 cm³/mol. The van der Waals surface area contributed by atoms with Crippen molar-refractivity contribution < 1.29 is 17.9 Å². The van der Waals surface area contributed by atoms with Crippen LogP contribution in [0, 0.1) is 32.1 Å². The molecule has 39 heavy (non-hydrogen) atoms. The van der Waals surface area contributed by atoms with E-state index >= 15 is 0 Å². The summed E-state index contributed by atoms with van der Waals surface area (Å²) in [5.74, 6) is 0.804. The zero-order valence-corrected chi connectivity index (χ0v) is 23.8. The molecule has 11 heteroatoms. The fraction of sp³-hybridized carbons (Fsp3) is 0.429. The molecule has 2 aromatic carbocycles. The average molecular weight is 555 g/mol. The second-order valence-corrected chi connectivity index (χ2v) is 12.0. The number of carbonyl (C=O) groups excluding carboxylic acids is 1. The van der Waals surface area contributed by atoms with Crippen LogP contribution < -0.4 is 20.9 Å². The number of hydrogen-bond donors (Lipinski definition) is 4. The van der Waals surface area contributed by atoms with E-state index < -0.39 is 15.9 Å². The van der Waals surface area contributed by atoms with Gasteiger partial charge in [0.2, 0.25) is 5.91 Å². The Morgan fingerprint density at radius 3 is 2.56 bits per heavy atom. The van der Waals surface area contributed by atoms with Gasteiger partial charge in [0.1, 0.15) is 11.6 Å². The molecule has 1 fully saturated rings. The number of sulfonamides is 1. The number of para-hydroxylation sites is 1. The molecule has 210 valence electrons. The van der Waals surface area contributed by atoms with Crippen molar-refractivity contribution in [2.45, 2.75) is 57.9 Å². The number of fused-ring (bicyclic) bond motifs is 1. The maximum Gasteiger partial charge on any atom is 0.263 e. The minimum atomic E-state index is -4.03. The van der Waals surface area contributed by atoms with Gasteiger partial charge in [-0.15, -0.1) is 0 Å². The van der Waals surface area contributed by atoms with Crippen LogP contribution in [0.2, 0.25) is 0 Å². The van der Waals surface area contributed by atoms with Crippen molar-refractivity contribution in [3.63, 3.8) is 0 Å². The molecule has 1 aliphatic rings. The number of benzene rings is 2. The van der Waals surface area contributed by atoms with Crippen LogP contribution in [-0.2, 0) is 27.8 Å². The molecule has 3 aromatic rings. The van der Waals surface area contributed by atoms with Gasteiger partial charge in [-0.25, -0.2) is 8.42 Å². The van der Waals surface area contributed by atoms with Crippen molar-refractivity contribution >= 4 is 38.6 Å². The number of nitrogens with two attached hydrogens (primary N) is 2. The lowest BCUT2D eigenvalue weighted by molar-refractivity contribution is -0.117. The van der Waals surface area contributed by atoms with Crippen LogP contribution in [0.5, 0.6) is 5.75 Å². The standard InChI is InChI=1S/C28H38N6O4S/c1-17-14-24(38-4)18(2)19(3)26(17)39(36,37)32-27-22(11-12-25(29)35)21-9-5-6-10-23(21)34(27)16-20-8-7-13-33(15-20)28(30)31/h5-6,9-10,14,20,32H,7-8,11-13,15-16H2,1-4H3,(H2,29,35)(H3,30,31)/t20-/m1/s1. The van der Waals surface area contributed by atoms with E-state index in [4.69, 9.17) is 21.6 Å². The van der Waals surface area contributed by atoms with Crippen molar-refractivity contribution in [3.8, 4) is 5.75 Å². The van der Waals surface area contributed by atoms with E-state index in [0.29, 0.717) is 42.2 Å². The van der Waals surface area contributed by atoms with Gasteiger partial charge in [-0.1, -0.05) is 18.2 Å². The number of anilines is 1. The molecule has 0 unspecified atom stereocenters. The number of aryl methyl sites for hydroxylation is 2. The van der Waals surface area contributed by atoms with E-state index in [-0.39, 0.29) is 23.2 Å². The molecule has 1 aliphatic heterocycles. The number of methoxy groups -OCH3 is 1. The van der Waals surface area contributed by atoms with Gasteiger partial charge in [0.25, 0.3) is 10.0 Å². The van der Waals surface area contributed by atoms with Crippen LogP contribution in [0.4, 0.5) is 5.82 Å². The largest absolute Gasteiger partial charge is 0.496 e. The average Bonchev–Trinajstić information content (AvgIpc) is 3.16. The molecule has 1 amide bonds. The zero-order valence-electron chi connectivity index (χ0n) is 23.0. The van der Waals surface area contributed by atoms with Crippen LogP contribution in [0.15, 0.2) is 35.2 Å². The second kappa shape index (κ2) is 11.2. The first kappa shape index (κ1) is 28.3. The molecule has 10 nitrogen and oxygen atoms in total. The molecule has 1 aromatic heterocycles. The van der Waals surface area contributed by atoms with Crippen LogP contribution >= 0.6 is 0 Å². The Balaban J connectivity index is 1.86. The van der Waals surface area contributed by atoms with Gasteiger partial charge in [0, 0.05) is 42.5 Å². The molecule has 4 rings (SSSR count). The number of nitrogens with zero attached hydrogens (tertiary/aromatic N) is 2. The lowest BCUT2D eigenvalue weighted by atomic mass is 9.98. The number of hydrogen-bond acceptors (Lipinski definition) is 5. The number of piperidine rings is 1. The summed E-state index contributed by atoms with van der Waals surface area (Å²) in [7, 11) is -2.46. The second-order valence-electron chi connectivity index (χ2n) is 10.3. The molecule has 6 N–H and O–H groups in total. The Hall–Kier alpha value is -3.73. The number of guanidine groups is 1. The molecule has 1 saturated heterocycles. The summed E-state index contributed by atoms with van der Waals surface area (Å²) in [5.41, 5.74) is 14.8. The minimum Gasteiger partial charge on any atom is -0.496 e. The highest BCUT2D eigenvalue weighted by molar-refractivity contribution is 7.92. The third kappa shape index (κ3) is 5.68. The quantitative estimate of drug-likeness (QED) is 0.235. The highest BCUT2D eigenvalue weighted by atomic mass is 32.2. The number of ether oxygens (including phenoxy) is 1. The maximum atomic E-state index is 14.0. The lowest BCUT2D eigenvalue weighted by Gasteiger charge is -2.33. The molecule has 0 aliphatic carbocycles. The molecule has 0 radical (unpaired) electrons. The van der Waals surface area contributed by atoms with Crippen LogP contribution in [0.1, 0.15) is 41.5 Å². The van der Waals surface area contributed by atoms with Crippen molar-refractivity contribution in [1.29, 1.82) is 5.41 Å². The molecule has 0 bridgehead atoms. The van der Waals surface area contributed by atoms with E-state index in [1.54, 1.807) is 27.0 Å². The normalized spacial score (nSPS) is 15.9. The summed E-state index contributed by atoms with van der Waals surface area (Å²) in [5, 5.41) is 8.75. The van der Waals surface area contributed by atoms with Gasteiger partial charge < -0.3 is 25.7 Å². The van der Waals surface area contributed by atoms with Gasteiger partial charge in [0.05, 0.1) is 12.0 Å². The van der Waals surface area contributed by atoms with E-state index in [9.17, 15) is 13.2 Å². The monoisotopic (exact) mass is 554 g/mol. The Morgan fingerprint density at radius 2 is 1.90 bits per heavy atom. The lowest BCUT2D eigenvalue weighted by Crippen LogP contribution is -2.44. The minimum absolute atomic E-state index is 0.0426. The fourth-order valence-corrected chi connectivity index (χ4v) is 7.33. The topological polar surface area (TPSA) is 157 Å². The van der Waals surface area contributed by atoms with Crippen LogP contribution in [-0.4, -0.2) is 50.0 Å². The third-order valence-electron chi connectivity index (χ3n) is 7.70. The van der Waals surface area contributed by atoms with Crippen molar-refractivity contribution in [2.24, 2.45) is 17.4 Å². The van der Waals surface area contributed by atoms with E-state index in [0.717, 1.165) is 41.4 Å². The molecular weight excluding hydrogens is 516 g/mol. The summed E-state index contributed by atoms with van der Waals surface area (Å²) in [6.07, 6.45) is 2.20. The Kier molecular flexibility index (Phi) is 8.10. The van der Waals surface area contributed by atoms with Crippen molar-refractivity contribution in [2.75, 3.05) is 24.9 Å². The van der Waals surface area contributed by atoms with Crippen LogP contribution in [0.25, 0.3) is 10.9 Å². The summed E-state index contributed by atoms with van der Waals surface area (Å²) >= 11 is 0. The van der Waals surface area contributed by atoms with E-state index in [1.807, 2.05) is 40.7 Å².